The molecule has 0 atom stereocenters. The van der Waals surface area contributed by atoms with Gasteiger partial charge in [-0.05, 0) is 37.0 Å². The molecule has 1 amide bonds. The zero-order valence-electron chi connectivity index (χ0n) is 14.6. The largest absolute Gasteiger partial charge is 0.484 e. The van der Waals surface area contributed by atoms with Crippen LogP contribution in [0, 0.1) is 0 Å². The number of hydrogen-bond donors (Lipinski definition) is 1. The molecule has 1 N–H and O–H groups in total. The lowest BCUT2D eigenvalue weighted by Gasteiger charge is -2.08. The van der Waals surface area contributed by atoms with Crippen LogP contribution in [0.3, 0.4) is 0 Å². The van der Waals surface area contributed by atoms with Crippen molar-refractivity contribution in [1.29, 1.82) is 0 Å². The third kappa shape index (κ3) is 3.69. The van der Waals surface area contributed by atoms with Gasteiger partial charge in [0, 0.05) is 24.1 Å². The van der Waals surface area contributed by atoms with E-state index >= 15 is 0 Å². The molecule has 2 heterocycles. The number of nitrogens with zero attached hydrogens (tertiary/aromatic N) is 2. The van der Waals surface area contributed by atoms with Gasteiger partial charge in [0.2, 0.25) is 5.13 Å². The summed E-state index contributed by atoms with van der Waals surface area (Å²) < 4.78 is 15.9. The Morgan fingerprint density at radius 3 is 3.00 bits per heavy atom. The van der Waals surface area contributed by atoms with Crippen molar-refractivity contribution in [3.05, 3.63) is 44.8 Å². The van der Waals surface area contributed by atoms with Crippen LogP contribution in [0.1, 0.15) is 22.6 Å². The summed E-state index contributed by atoms with van der Waals surface area (Å²) in [7, 11) is 1.56. The van der Waals surface area contributed by atoms with Crippen LogP contribution in [0.5, 0.6) is 5.75 Å². The van der Waals surface area contributed by atoms with Crippen molar-refractivity contribution in [2.24, 2.45) is 0 Å². The lowest BCUT2D eigenvalue weighted by molar-refractivity contribution is -0.118. The molecule has 4 rings (SSSR count). The summed E-state index contributed by atoms with van der Waals surface area (Å²) in [5.41, 5.74) is 2.04. The van der Waals surface area contributed by atoms with Gasteiger partial charge in [0.05, 0.1) is 0 Å². The van der Waals surface area contributed by atoms with Crippen LogP contribution in [0.4, 0.5) is 5.13 Å². The number of fused-ring (bicyclic) bond motifs is 3. The number of rotatable bonds is 6. The molecule has 0 aliphatic heterocycles. The number of carbonyl (C=O) groups is 1. The topological polar surface area (TPSA) is 104 Å². The predicted octanol–water partition coefficient (Wildman–Crippen LogP) is 2.30. The van der Waals surface area contributed by atoms with E-state index in [0.717, 1.165) is 35.8 Å². The summed E-state index contributed by atoms with van der Waals surface area (Å²) in [5, 5.41) is 12.4. The first-order valence-corrected chi connectivity index (χ1v) is 9.28. The summed E-state index contributed by atoms with van der Waals surface area (Å²) in [4.78, 5) is 24.1. The van der Waals surface area contributed by atoms with E-state index in [2.05, 4.69) is 15.5 Å². The lowest BCUT2D eigenvalue weighted by Crippen LogP contribution is -2.20. The van der Waals surface area contributed by atoms with E-state index in [1.807, 2.05) is 6.07 Å². The van der Waals surface area contributed by atoms with Gasteiger partial charge in [-0.3, -0.25) is 10.1 Å². The van der Waals surface area contributed by atoms with Crippen molar-refractivity contribution in [3.63, 3.8) is 0 Å². The van der Waals surface area contributed by atoms with Gasteiger partial charge in [0.15, 0.2) is 6.61 Å². The molecule has 0 saturated heterocycles. The van der Waals surface area contributed by atoms with Crippen LogP contribution in [0.15, 0.2) is 27.4 Å². The Bertz CT molecular complexity index is 1060. The fraction of sp³-hybridized carbons (Fsp3) is 0.333. The number of methoxy groups -OCH3 is 1. The molecule has 0 spiro atoms. The fourth-order valence-electron chi connectivity index (χ4n) is 3.14. The molecule has 8 nitrogen and oxygen atoms in total. The summed E-state index contributed by atoms with van der Waals surface area (Å²) in [6.45, 7) is 0.149. The van der Waals surface area contributed by atoms with Crippen LogP contribution >= 0.6 is 11.3 Å². The number of hydrogen-bond acceptors (Lipinski definition) is 8. The Kier molecular flexibility index (Phi) is 4.87. The number of nitrogens with one attached hydrogen (secondary N) is 1. The van der Waals surface area contributed by atoms with Crippen molar-refractivity contribution >= 4 is 33.3 Å². The quantitative estimate of drug-likeness (QED) is 0.647. The standard InChI is InChI=1S/C18H17N3O5S/c1-24-9-16-20-21-18(27-16)19-15(22)8-25-10-5-6-12-11-3-2-4-13(11)17(23)26-14(12)7-10/h5-7H,2-4,8-9H2,1H3,(H,19,21,22). The van der Waals surface area contributed by atoms with Crippen LogP contribution in [0.2, 0.25) is 0 Å². The number of carbonyl (C=O) groups excluding carboxylic acids is 1. The number of amides is 1. The molecule has 3 aromatic rings. The maximum Gasteiger partial charge on any atom is 0.339 e. The number of aryl methyl sites for hydroxylation is 1. The van der Waals surface area contributed by atoms with Gasteiger partial charge in [-0.25, -0.2) is 4.79 Å². The van der Waals surface area contributed by atoms with Crippen LogP contribution < -0.4 is 15.7 Å². The second kappa shape index (κ2) is 7.45. The molecule has 0 fully saturated rings. The van der Waals surface area contributed by atoms with E-state index in [4.69, 9.17) is 13.9 Å². The van der Waals surface area contributed by atoms with Crippen molar-refractivity contribution in [2.45, 2.75) is 25.9 Å². The van der Waals surface area contributed by atoms with E-state index in [1.165, 1.54) is 11.3 Å². The van der Waals surface area contributed by atoms with Crippen LogP contribution in [-0.4, -0.2) is 29.8 Å². The minimum Gasteiger partial charge on any atom is -0.484 e. The molecule has 0 bridgehead atoms. The van der Waals surface area contributed by atoms with Gasteiger partial charge in [-0.15, -0.1) is 10.2 Å². The average Bonchev–Trinajstić information content (AvgIpc) is 3.30. The SMILES string of the molecule is COCc1nnc(NC(=O)COc2ccc3c4c(c(=O)oc3c2)CCC4)s1. The summed E-state index contributed by atoms with van der Waals surface area (Å²) >= 11 is 1.24. The van der Waals surface area contributed by atoms with Crippen LogP contribution in [-0.2, 0) is 29.0 Å². The smallest absolute Gasteiger partial charge is 0.339 e. The number of anilines is 1. The number of benzene rings is 1. The van der Waals surface area contributed by atoms with Gasteiger partial charge in [-0.1, -0.05) is 11.3 Å². The first-order valence-electron chi connectivity index (χ1n) is 8.46. The summed E-state index contributed by atoms with van der Waals surface area (Å²) in [5.74, 6) is 0.0988. The molecular weight excluding hydrogens is 370 g/mol. The molecule has 1 aliphatic rings. The number of aromatic nitrogens is 2. The Hall–Kier alpha value is -2.78. The monoisotopic (exact) mass is 387 g/mol. The Labute approximate surface area is 158 Å². The molecule has 1 aliphatic carbocycles. The zero-order chi connectivity index (χ0) is 18.8. The minimum absolute atomic E-state index is 0.195. The molecule has 27 heavy (non-hydrogen) atoms. The third-order valence-corrected chi connectivity index (χ3v) is 5.11. The molecule has 0 unspecified atom stereocenters. The second-order valence-corrected chi connectivity index (χ2v) is 7.19. The third-order valence-electron chi connectivity index (χ3n) is 4.30. The first-order chi connectivity index (χ1) is 13.1. The molecule has 0 saturated carbocycles. The first kappa shape index (κ1) is 17.6. The van der Waals surface area contributed by atoms with Crippen molar-refractivity contribution < 1.29 is 18.7 Å². The molecule has 9 heteroatoms. The van der Waals surface area contributed by atoms with E-state index in [9.17, 15) is 9.59 Å². The molecule has 140 valence electrons. The molecule has 0 radical (unpaired) electrons. The molecular formula is C18H17N3O5S. The van der Waals surface area contributed by atoms with Crippen molar-refractivity contribution in [1.82, 2.24) is 10.2 Å². The predicted molar refractivity (Wildman–Crippen MR) is 99.3 cm³/mol. The fourth-order valence-corrected chi connectivity index (χ4v) is 3.87. The van der Waals surface area contributed by atoms with Gasteiger partial charge in [0.1, 0.15) is 22.9 Å². The number of ether oxygens (including phenoxy) is 2. The molecule has 2 aromatic heterocycles. The highest BCUT2D eigenvalue weighted by molar-refractivity contribution is 7.15. The average molecular weight is 387 g/mol. The zero-order valence-corrected chi connectivity index (χ0v) is 15.4. The highest BCUT2D eigenvalue weighted by Crippen LogP contribution is 2.29. The Morgan fingerprint density at radius 1 is 1.30 bits per heavy atom. The van der Waals surface area contributed by atoms with Gasteiger partial charge in [0.25, 0.3) is 5.91 Å². The van der Waals surface area contributed by atoms with Gasteiger partial charge >= 0.3 is 5.63 Å². The van der Waals surface area contributed by atoms with Crippen LogP contribution in [0.25, 0.3) is 11.0 Å². The van der Waals surface area contributed by atoms with Crippen molar-refractivity contribution in [2.75, 3.05) is 19.0 Å². The van der Waals surface area contributed by atoms with E-state index < -0.39 is 0 Å². The van der Waals surface area contributed by atoms with Gasteiger partial charge < -0.3 is 13.9 Å². The maximum absolute atomic E-state index is 12.1. The lowest BCUT2D eigenvalue weighted by atomic mass is 10.1. The van der Waals surface area contributed by atoms with Crippen molar-refractivity contribution in [3.8, 4) is 5.75 Å². The summed E-state index contributed by atoms with van der Waals surface area (Å²) in [6.07, 6.45) is 2.62. The second-order valence-electron chi connectivity index (χ2n) is 6.13. The Balaban J connectivity index is 1.43. The highest BCUT2D eigenvalue weighted by Gasteiger charge is 2.19. The maximum atomic E-state index is 12.1. The normalized spacial score (nSPS) is 12.9. The minimum atomic E-state index is -0.356. The Morgan fingerprint density at radius 2 is 2.15 bits per heavy atom. The highest BCUT2D eigenvalue weighted by atomic mass is 32.1. The van der Waals surface area contributed by atoms with E-state index in [-0.39, 0.29) is 18.1 Å². The molecule has 1 aromatic carbocycles. The van der Waals surface area contributed by atoms with E-state index in [0.29, 0.717) is 28.1 Å². The van der Waals surface area contributed by atoms with Gasteiger partial charge in [-0.2, -0.15) is 0 Å². The summed E-state index contributed by atoms with van der Waals surface area (Å²) in [6, 6.07) is 5.29. The van der Waals surface area contributed by atoms with E-state index in [1.54, 1.807) is 19.2 Å².